The summed E-state index contributed by atoms with van der Waals surface area (Å²) < 4.78 is 7.78. The van der Waals surface area contributed by atoms with Gasteiger partial charge in [-0.05, 0) is 37.3 Å². The summed E-state index contributed by atoms with van der Waals surface area (Å²) in [5, 5.41) is 13.3. The number of nitrogens with zero attached hydrogens (tertiary/aromatic N) is 3. The monoisotopic (exact) mass is 530 g/mol. The van der Waals surface area contributed by atoms with Crippen LogP contribution in [0.2, 0.25) is 20.1 Å². The standard InChI is InChI=1S/C21H18Cl4N4O2S/c1-3-9-29-20(12(2)31-17-8-7-13(22)10-15(17)24)27-28-21(29)32-11-18(30)26-16-6-4-5-14(23)19(16)25/h3-8,10,12H,1,9,11H2,2H3,(H,26,30). The molecule has 1 heterocycles. The Bertz CT molecular complexity index is 1140. The van der Waals surface area contributed by atoms with Crippen LogP contribution in [0.15, 0.2) is 54.2 Å². The zero-order chi connectivity index (χ0) is 23.3. The average Bonchev–Trinajstić information content (AvgIpc) is 3.15. The summed E-state index contributed by atoms with van der Waals surface area (Å²) in [6.45, 7) is 6.05. The Labute approximate surface area is 209 Å². The van der Waals surface area contributed by atoms with E-state index in [-0.39, 0.29) is 16.7 Å². The van der Waals surface area contributed by atoms with Gasteiger partial charge >= 0.3 is 0 Å². The molecule has 0 aliphatic rings. The summed E-state index contributed by atoms with van der Waals surface area (Å²) in [6.07, 6.45) is 1.25. The average molecular weight is 532 g/mol. The van der Waals surface area contributed by atoms with Crippen molar-refractivity contribution in [3.8, 4) is 5.75 Å². The first-order chi connectivity index (χ1) is 15.3. The van der Waals surface area contributed by atoms with Crippen LogP contribution in [0.25, 0.3) is 0 Å². The van der Waals surface area contributed by atoms with Crippen molar-refractivity contribution in [2.75, 3.05) is 11.1 Å². The van der Waals surface area contributed by atoms with E-state index < -0.39 is 6.10 Å². The predicted molar refractivity (Wildman–Crippen MR) is 132 cm³/mol. The molecule has 0 aliphatic heterocycles. The van der Waals surface area contributed by atoms with Crippen molar-refractivity contribution >= 4 is 69.8 Å². The number of ether oxygens (including phenoxy) is 1. The number of carbonyl (C=O) groups excluding carboxylic acids is 1. The van der Waals surface area contributed by atoms with Gasteiger partial charge in [0.2, 0.25) is 5.91 Å². The second-order valence-corrected chi connectivity index (χ2v) is 9.08. The van der Waals surface area contributed by atoms with Crippen LogP contribution < -0.4 is 10.1 Å². The minimum absolute atomic E-state index is 0.0936. The van der Waals surface area contributed by atoms with Crippen LogP contribution >= 0.6 is 58.2 Å². The second kappa shape index (κ2) is 11.3. The van der Waals surface area contributed by atoms with Crippen LogP contribution in [-0.4, -0.2) is 26.4 Å². The third-order valence-electron chi connectivity index (χ3n) is 4.18. The molecular formula is C21H18Cl4N4O2S. The molecule has 0 spiro atoms. The maximum Gasteiger partial charge on any atom is 0.234 e. The van der Waals surface area contributed by atoms with Crippen molar-refractivity contribution in [2.45, 2.75) is 24.7 Å². The molecule has 0 bridgehead atoms. The molecule has 0 saturated heterocycles. The van der Waals surface area contributed by atoms with E-state index in [1.807, 2.05) is 11.5 Å². The molecule has 1 N–H and O–H groups in total. The Morgan fingerprint density at radius 3 is 2.72 bits per heavy atom. The summed E-state index contributed by atoms with van der Waals surface area (Å²) in [5.74, 6) is 0.877. The van der Waals surface area contributed by atoms with Gasteiger partial charge in [0, 0.05) is 11.6 Å². The van der Waals surface area contributed by atoms with Crippen molar-refractivity contribution in [1.29, 1.82) is 0 Å². The quantitative estimate of drug-likeness (QED) is 0.239. The number of anilines is 1. The summed E-state index contributed by atoms with van der Waals surface area (Å²) >= 11 is 25.5. The van der Waals surface area contributed by atoms with Crippen molar-refractivity contribution in [3.63, 3.8) is 0 Å². The highest BCUT2D eigenvalue weighted by Gasteiger charge is 2.21. The van der Waals surface area contributed by atoms with Crippen LogP contribution in [0.1, 0.15) is 18.9 Å². The lowest BCUT2D eigenvalue weighted by molar-refractivity contribution is -0.113. The SMILES string of the molecule is C=CCn1c(SCC(=O)Nc2cccc(Cl)c2Cl)nnc1C(C)Oc1ccc(Cl)cc1Cl. The van der Waals surface area contributed by atoms with Crippen LogP contribution in [0.4, 0.5) is 5.69 Å². The number of nitrogens with one attached hydrogen (secondary N) is 1. The van der Waals surface area contributed by atoms with Gasteiger partial charge in [-0.25, -0.2) is 0 Å². The van der Waals surface area contributed by atoms with Crippen LogP contribution in [0.5, 0.6) is 5.75 Å². The Kier molecular flexibility index (Phi) is 8.73. The molecular weight excluding hydrogens is 514 g/mol. The number of hydrogen-bond acceptors (Lipinski definition) is 5. The number of allylic oxidation sites excluding steroid dienone is 1. The molecule has 1 atom stereocenters. The van der Waals surface area contributed by atoms with Gasteiger partial charge in [-0.2, -0.15) is 0 Å². The van der Waals surface area contributed by atoms with Gasteiger partial charge in [-0.1, -0.05) is 70.3 Å². The zero-order valence-corrected chi connectivity index (χ0v) is 20.7. The number of hydrogen-bond donors (Lipinski definition) is 1. The normalized spacial score (nSPS) is 11.8. The van der Waals surface area contributed by atoms with E-state index in [2.05, 4.69) is 22.1 Å². The summed E-state index contributed by atoms with van der Waals surface area (Å²) in [6, 6.07) is 10.0. The number of aromatic nitrogens is 3. The zero-order valence-electron chi connectivity index (χ0n) is 16.8. The number of carbonyl (C=O) groups is 1. The fraction of sp³-hybridized carbons (Fsp3) is 0.190. The molecule has 3 rings (SSSR count). The first kappa shape index (κ1) is 24.7. The van der Waals surface area contributed by atoms with E-state index in [9.17, 15) is 4.79 Å². The first-order valence-electron chi connectivity index (χ1n) is 9.32. The number of rotatable bonds is 9. The van der Waals surface area contributed by atoms with E-state index in [4.69, 9.17) is 51.1 Å². The van der Waals surface area contributed by atoms with Crippen LogP contribution in [-0.2, 0) is 11.3 Å². The largest absolute Gasteiger partial charge is 0.481 e. The van der Waals surface area contributed by atoms with E-state index in [0.717, 1.165) is 0 Å². The lowest BCUT2D eigenvalue weighted by atomic mass is 10.3. The third kappa shape index (κ3) is 6.11. The number of amides is 1. The number of halogens is 4. The van der Waals surface area contributed by atoms with Crippen LogP contribution in [0, 0.1) is 0 Å². The van der Waals surface area contributed by atoms with Gasteiger partial charge < -0.3 is 10.1 Å². The van der Waals surface area contributed by atoms with Gasteiger partial charge in [0.05, 0.1) is 26.5 Å². The summed E-state index contributed by atoms with van der Waals surface area (Å²) in [5.41, 5.74) is 0.444. The molecule has 0 saturated carbocycles. The molecule has 1 unspecified atom stereocenters. The van der Waals surface area contributed by atoms with E-state index in [1.165, 1.54) is 11.8 Å². The molecule has 0 aliphatic carbocycles. The van der Waals surface area contributed by atoms with Crippen molar-refractivity contribution in [2.24, 2.45) is 0 Å². The fourth-order valence-electron chi connectivity index (χ4n) is 2.74. The number of benzene rings is 2. The van der Waals surface area contributed by atoms with E-state index in [0.29, 0.717) is 44.0 Å². The Morgan fingerprint density at radius 1 is 1.22 bits per heavy atom. The third-order valence-corrected chi connectivity index (χ3v) is 6.49. The molecule has 1 amide bonds. The van der Waals surface area contributed by atoms with Crippen LogP contribution in [0.3, 0.4) is 0 Å². The van der Waals surface area contributed by atoms with Crippen molar-refractivity contribution in [1.82, 2.24) is 14.8 Å². The smallest absolute Gasteiger partial charge is 0.234 e. The maximum absolute atomic E-state index is 12.4. The molecule has 3 aromatic rings. The fourth-order valence-corrected chi connectivity index (χ4v) is 4.29. The molecule has 168 valence electrons. The van der Waals surface area contributed by atoms with Gasteiger partial charge in [-0.15, -0.1) is 16.8 Å². The minimum Gasteiger partial charge on any atom is -0.481 e. The van der Waals surface area contributed by atoms with Gasteiger partial charge in [0.1, 0.15) is 5.75 Å². The highest BCUT2D eigenvalue weighted by atomic mass is 35.5. The molecule has 0 radical (unpaired) electrons. The predicted octanol–water partition coefficient (Wildman–Crippen LogP) is 6.95. The van der Waals surface area contributed by atoms with E-state index >= 15 is 0 Å². The summed E-state index contributed by atoms with van der Waals surface area (Å²) in [7, 11) is 0. The van der Waals surface area contributed by atoms with Gasteiger partial charge in [-0.3, -0.25) is 9.36 Å². The topological polar surface area (TPSA) is 69.0 Å². The highest BCUT2D eigenvalue weighted by Crippen LogP contribution is 2.32. The Morgan fingerprint density at radius 2 is 2.00 bits per heavy atom. The summed E-state index contributed by atoms with van der Waals surface area (Å²) in [4.78, 5) is 12.4. The highest BCUT2D eigenvalue weighted by molar-refractivity contribution is 7.99. The molecule has 11 heteroatoms. The molecule has 2 aromatic carbocycles. The molecule has 6 nitrogen and oxygen atoms in total. The number of thioether (sulfide) groups is 1. The lowest BCUT2D eigenvalue weighted by Crippen LogP contribution is -2.16. The molecule has 32 heavy (non-hydrogen) atoms. The second-order valence-electron chi connectivity index (χ2n) is 6.51. The van der Waals surface area contributed by atoms with Gasteiger partial charge in [0.15, 0.2) is 17.1 Å². The van der Waals surface area contributed by atoms with Crippen molar-refractivity contribution < 1.29 is 9.53 Å². The van der Waals surface area contributed by atoms with Gasteiger partial charge in [0.25, 0.3) is 0 Å². The Balaban J connectivity index is 1.70. The lowest BCUT2D eigenvalue weighted by Gasteiger charge is -2.16. The molecule has 0 fully saturated rings. The Hall–Kier alpha value is -1.90. The van der Waals surface area contributed by atoms with E-state index in [1.54, 1.807) is 42.5 Å². The minimum atomic E-state index is -0.463. The molecule has 1 aromatic heterocycles. The maximum atomic E-state index is 12.4. The van der Waals surface area contributed by atoms with Crippen molar-refractivity contribution in [3.05, 3.63) is 75.0 Å². The first-order valence-corrected chi connectivity index (χ1v) is 11.8.